The number of benzene rings is 1. The predicted octanol–water partition coefficient (Wildman–Crippen LogP) is 3.37. The minimum absolute atomic E-state index is 0.119. The number of fused-ring (bicyclic) bond motifs is 1. The van der Waals surface area contributed by atoms with Crippen LogP contribution in [-0.2, 0) is 29.4 Å². The van der Waals surface area contributed by atoms with Gasteiger partial charge in [-0.2, -0.15) is 4.31 Å². The van der Waals surface area contributed by atoms with E-state index in [1.807, 2.05) is 0 Å². The quantitative estimate of drug-likeness (QED) is 0.413. The van der Waals surface area contributed by atoms with E-state index in [4.69, 9.17) is 11.6 Å². The van der Waals surface area contributed by atoms with Gasteiger partial charge in [0.05, 0.1) is 11.5 Å². The first-order chi connectivity index (χ1) is 13.0. The van der Waals surface area contributed by atoms with Gasteiger partial charge in [-0.3, -0.25) is 10.1 Å². The molecule has 150 valence electrons. The highest BCUT2D eigenvalue weighted by atomic mass is 35.5. The zero-order valence-electron chi connectivity index (χ0n) is 15.8. The third-order valence-electron chi connectivity index (χ3n) is 4.90. The van der Waals surface area contributed by atoms with Gasteiger partial charge < -0.3 is 0 Å². The lowest BCUT2D eigenvalue weighted by molar-refractivity contribution is -0.387. The van der Waals surface area contributed by atoms with E-state index in [0.29, 0.717) is 5.15 Å². The first kappa shape index (κ1) is 20.6. The topological polar surface area (TPSA) is 106 Å². The minimum atomic E-state index is -4.10. The molecule has 1 aromatic heterocycles. The van der Waals surface area contributed by atoms with Crippen molar-refractivity contribution in [3.05, 3.63) is 56.6 Å². The van der Waals surface area contributed by atoms with Crippen LogP contribution >= 0.6 is 11.6 Å². The molecule has 0 spiro atoms. The molecule has 0 radical (unpaired) electrons. The van der Waals surface area contributed by atoms with Gasteiger partial charge in [-0.1, -0.05) is 37.6 Å². The highest BCUT2D eigenvalue weighted by molar-refractivity contribution is 7.89. The zero-order valence-corrected chi connectivity index (χ0v) is 17.4. The second-order valence-electron chi connectivity index (χ2n) is 7.68. The Kier molecular flexibility index (Phi) is 5.44. The van der Waals surface area contributed by atoms with Gasteiger partial charge in [-0.05, 0) is 30.7 Å². The van der Waals surface area contributed by atoms with Crippen molar-refractivity contribution in [3.63, 3.8) is 0 Å². The highest BCUT2D eigenvalue weighted by Gasteiger charge is 2.31. The summed E-state index contributed by atoms with van der Waals surface area (Å²) in [7, 11) is -2.76. The molecule has 0 fully saturated rings. The number of aromatic nitrogens is 2. The normalized spacial score (nSPS) is 16.0. The SMILES string of the molecule is CN(Cc1nc(Cl)c2c(n1)CCC(C)(C)C2)S(=O)(=O)c1ccccc1[N+](=O)[O-]. The van der Waals surface area contributed by atoms with Crippen LogP contribution in [0.2, 0.25) is 5.15 Å². The first-order valence-electron chi connectivity index (χ1n) is 8.75. The standard InChI is InChI=1S/C18H21ClN4O4S/c1-18(2)9-8-13-12(10-18)17(19)21-16(20-13)11-22(3)28(26,27)15-7-5-4-6-14(15)23(24)25/h4-7H,8-11H2,1-3H3. The van der Waals surface area contributed by atoms with E-state index in [1.54, 1.807) is 0 Å². The molecule has 8 nitrogen and oxygen atoms in total. The number of hydrogen-bond donors (Lipinski definition) is 0. The average Bonchev–Trinajstić information content (AvgIpc) is 2.62. The van der Waals surface area contributed by atoms with Crippen LogP contribution in [0.25, 0.3) is 0 Å². The maximum absolute atomic E-state index is 12.9. The fourth-order valence-corrected chi connectivity index (χ4v) is 4.85. The molecule has 28 heavy (non-hydrogen) atoms. The molecule has 1 aliphatic rings. The van der Waals surface area contributed by atoms with E-state index >= 15 is 0 Å². The van der Waals surface area contributed by atoms with Crippen molar-refractivity contribution in [1.29, 1.82) is 0 Å². The Bertz CT molecular complexity index is 1040. The molecule has 0 amide bonds. The maximum Gasteiger partial charge on any atom is 0.289 e. The Morgan fingerprint density at radius 1 is 1.29 bits per heavy atom. The van der Waals surface area contributed by atoms with Crippen LogP contribution in [0, 0.1) is 15.5 Å². The van der Waals surface area contributed by atoms with E-state index in [1.165, 1.54) is 25.2 Å². The summed E-state index contributed by atoms with van der Waals surface area (Å²) >= 11 is 6.35. The summed E-state index contributed by atoms with van der Waals surface area (Å²) in [6.07, 6.45) is 2.47. The summed E-state index contributed by atoms with van der Waals surface area (Å²) in [6, 6.07) is 5.24. The van der Waals surface area contributed by atoms with Gasteiger partial charge in [0.25, 0.3) is 5.69 Å². The molecule has 0 aliphatic heterocycles. The molecule has 0 unspecified atom stereocenters. The summed E-state index contributed by atoms with van der Waals surface area (Å²) in [5, 5.41) is 11.5. The van der Waals surface area contributed by atoms with Crippen molar-refractivity contribution in [3.8, 4) is 0 Å². The number of para-hydroxylation sites is 1. The van der Waals surface area contributed by atoms with Crippen LogP contribution in [0.15, 0.2) is 29.2 Å². The second-order valence-corrected chi connectivity index (χ2v) is 10.1. The van der Waals surface area contributed by atoms with Gasteiger partial charge in [0.2, 0.25) is 10.0 Å². The third kappa shape index (κ3) is 4.01. The van der Waals surface area contributed by atoms with E-state index in [9.17, 15) is 18.5 Å². The Hall–Kier alpha value is -2.10. The molecule has 0 saturated heterocycles. The van der Waals surface area contributed by atoms with Crippen LogP contribution in [0.4, 0.5) is 5.69 Å². The van der Waals surface area contributed by atoms with Crippen molar-refractivity contribution >= 4 is 27.3 Å². The van der Waals surface area contributed by atoms with Gasteiger partial charge >= 0.3 is 0 Å². The van der Waals surface area contributed by atoms with Crippen LogP contribution < -0.4 is 0 Å². The van der Waals surface area contributed by atoms with Crippen molar-refractivity contribution in [1.82, 2.24) is 14.3 Å². The Morgan fingerprint density at radius 3 is 2.64 bits per heavy atom. The van der Waals surface area contributed by atoms with Gasteiger partial charge in [0.15, 0.2) is 4.90 Å². The summed E-state index contributed by atoms with van der Waals surface area (Å²) in [6.45, 7) is 4.19. The van der Waals surface area contributed by atoms with Gasteiger partial charge in [-0.15, -0.1) is 0 Å². The summed E-state index contributed by atoms with van der Waals surface area (Å²) < 4.78 is 26.7. The molecule has 0 N–H and O–H groups in total. The number of nitrogens with zero attached hydrogens (tertiary/aromatic N) is 4. The van der Waals surface area contributed by atoms with E-state index in [-0.39, 0.29) is 22.7 Å². The predicted molar refractivity (Wildman–Crippen MR) is 105 cm³/mol. The van der Waals surface area contributed by atoms with E-state index in [2.05, 4.69) is 23.8 Å². The number of aryl methyl sites for hydroxylation is 1. The van der Waals surface area contributed by atoms with Crippen molar-refractivity contribution < 1.29 is 13.3 Å². The Balaban J connectivity index is 1.91. The number of sulfonamides is 1. The molecule has 10 heteroatoms. The van der Waals surface area contributed by atoms with Crippen molar-refractivity contribution in [2.75, 3.05) is 7.05 Å². The minimum Gasteiger partial charge on any atom is -0.258 e. The molecule has 1 aromatic carbocycles. The van der Waals surface area contributed by atoms with Crippen molar-refractivity contribution in [2.45, 2.75) is 44.6 Å². The summed E-state index contributed by atoms with van der Waals surface area (Å²) in [4.78, 5) is 18.9. The number of rotatable bonds is 5. The Morgan fingerprint density at radius 2 is 1.96 bits per heavy atom. The summed E-state index contributed by atoms with van der Waals surface area (Å²) in [5.74, 6) is 0.271. The molecular weight excluding hydrogens is 404 g/mol. The number of halogens is 1. The van der Waals surface area contributed by atoms with Crippen LogP contribution in [0.5, 0.6) is 0 Å². The maximum atomic E-state index is 12.9. The van der Waals surface area contributed by atoms with Crippen LogP contribution in [-0.4, -0.2) is 34.7 Å². The lowest BCUT2D eigenvalue weighted by atomic mass is 9.76. The fourth-order valence-electron chi connectivity index (χ4n) is 3.30. The average molecular weight is 425 g/mol. The molecular formula is C18H21ClN4O4S. The lowest BCUT2D eigenvalue weighted by Crippen LogP contribution is -2.29. The van der Waals surface area contributed by atoms with Crippen LogP contribution in [0.1, 0.15) is 37.4 Å². The molecule has 1 aliphatic carbocycles. The molecule has 1 heterocycles. The van der Waals surface area contributed by atoms with Gasteiger partial charge in [0.1, 0.15) is 11.0 Å². The molecule has 2 aromatic rings. The zero-order chi connectivity index (χ0) is 20.7. The van der Waals surface area contributed by atoms with Gasteiger partial charge in [0, 0.05) is 24.4 Å². The highest BCUT2D eigenvalue weighted by Crippen LogP contribution is 2.36. The van der Waals surface area contributed by atoms with Gasteiger partial charge in [-0.25, -0.2) is 18.4 Å². The van der Waals surface area contributed by atoms with E-state index in [0.717, 1.165) is 40.9 Å². The summed E-state index contributed by atoms with van der Waals surface area (Å²) in [5.41, 5.74) is 1.39. The third-order valence-corrected chi connectivity index (χ3v) is 7.06. The smallest absolute Gasteiger partial charge is 0.258 e. The molecule has 0 saturated carbocycles. The molecule has 3 rings (SSSR count). The molecule has 0 atom stereocenters. The van der Waals surface area contributed by atoms with Crippen LogP contribution in [0.3, 0.4) is 0 Å². The Labute approximate surface area is 168 Å². The molecule has 0 bridgehead atoms. The first-order valence-corrected chi connectivity index (χ1v) is 10.6. The van der Waals surface area contributed by atoms with Crippen molar-refractivity contribution in [2.24, 2.45) is 5.41 Å². The second kappa shape index (κ2) is 7.38. The number of nitro benzene ring substituents is 1. The number of hydrogen-bond acceptors (Lipinski definition) is 6. The monoisotopic (exact) mass is 424 g/mol. The van der Waals surface area contributed by atoms with E-state index < -0.39 is 20.6 Å². The number of nitro groups is 1. The fraction of sp³-hybridized carbons (Fsp3) is 0.444. The largest absolute Gasteiger partial charge is 0.289 e. The lowest BCUT2D eigenvalue weighted by Gasteiger charge is -2.31.